The molecule has 7 heteroatoms. The van der Waals surface area contributed by atoms with Crippen molar-refractivity contribution in [3.63, 3.8) is 0 Å². The number of rotatable bonds is 6. The summed E-state index contributed by atoms with van der Waals surface area (Å²) >= 11 is 0. The topological polar surface area (TPSA) is 86.7 Å². The van der Waals surface area contributed by atoms with Crippen molar-refractivity contribution in [3.05, 3.63) is 48.5 Å². The Labute approximate surface area is 147 Å². The van der Waals surface area contributed by atoms with Gasteiger partial charge >= 0.3 is 5.97 Å². The molecule has 1 aliphatic heterocycles. The normalized spacial score (nSPS) is 14.8. The molecule has 0 radical (unpaired) electrons. The molecule has 0 aliphatic carbocycles. The number of hydrogen-bond donors (Lipinski definition) is 2. The average Bonchev–Trinajstić information content (AvgIpc) is 2.67. The van der Waals surface area contributed by atoms with Gasteiger partial charge in [-0.15, -0.1) is 0 Å². The standard InChI is InChI=1S/C18H20N2O4S/c21-18(22)12-2-1-7-13-20-16-10-5-3-8-14(16)19-15-9-4-6-11-17(15)25(20,23)24/h3-6,8-11,19H,1-2,7,12-13H2,(H,21,22). The molecule has 2 aromatic carbocycles. The summed E-state index contributed by atoms with van der Waals surface area (Å²) in [7, 11) is -3.68. The summed E-state index contributed by atoms with van der Waals surface area (Å²) in [6, 6.07) is 14.2. The van der Waals surface area contributed by atoms with Crippen LogP contribution in [0.4, 0.5) is 17.1 Å². The van der Waals surface area contributed by atoms with Crippen molar-refractivity contribution in [2.45, 2.75) is 30.6 Å². The van der Waals surface area contributed by atoms with E-state index in [2.05, 4.69) is 5.32 Å². The van der Waals surface area contributed by atoms with Gasteiger partial charge < -0.3 is 10.4 Å². The van der Waals surface area contributed by atoms with E-state index < -0.39 is 16.0 Å². The first kappa shape index (κ1) is 17.3. The fourth-order valence-corrected chi connectivity index (χ4v) is 4.61. The molecule has 0 saturated carbocycles. The number of aliphatic carboxylic acids is 1. The van der Waals surface area contributed by atoms with Crippen molar-refractivity contribution in [2.75, 3.05) is 16.2 Å². The van der Waals surface area contributed by atoms with Gasteiger partial charge in [-0.25, -0.2) is 8.42 Å². The average molecular weight is 360 g/mol. The number of nitrogens with zero attached hydrogens (tertiary/aromatic N) is 1. The molecule has 1 heterocycles. The first-order valence-corrected chi connectivity index (χ1v) is 9.64. The zero-order valence-corrected chi connectivity index (χ0v) is 14.5. The molecule has 1 aliphatic rings. The van der Waals surface area contributed by atoms with Crippen molar-refractivity contribution >= 4 is 33.1 Å². The van der Waals surface area contributed by atoms with Gasteiger partial charge in [0.05, 0.1) is 17.1 Å². The zero-order chi connectivity index (χ0) is 17.9. The van der Waals surface area contributed by atoms with E-state index in [1.807, 2.05) is 18.2 Å². The van der Waals surface area contributed by atoms with E-state index in [0.717, 1.165) is 5.69 Å². The number of carboxylic acids is 1. The molecule has 6 nitrogen and oxygen atoms in total. The minimum atomic E-state index is -3.68. The predicted molar refractivity (Wildman–Crippen MR) is 96.8 cm³/mol. The van der Waals surface area contributed by atoms with Crippen LogP contribution in [0.25, 0.3) is 0 Å². The molecule has 0 unspecified atom stereocenters. The van der Waals surface area contributed by atoms with Crippen LogP contribution < -0.4 is 9.62 Å². The molecule has 0 saturated heterocycles. The third kappa shape index (κ3) is 3.61. The molecule has 2 N–H and O–H groups in total. The van der Waals surface area contributed by atoms with Crippen LogP contribution in [-0.4, -0.2) is 26.0 Å². The molecule has 0 bridgehead atoms. The van der Waals surface area contributed by atoms with E-state index in [0.29, 0.717) is 37.2 Å². The molecule has 3 rings (SSSR count). The SMILES string of the molecule is O=C(O)CCCCCN1c2ccccc2Nc2ccccc2S1(=O)=O. The second-order valence-electron chi connectivity index (χ2n) is 5.92. The van der Waals surface area contributed by atoms with E-state index in [9.17, 15) is 13.2 Å². The summed E-state index contributed by atoms with van der Waals surface area (Å²) in [5.41, 5.74) is 1.90. The van der Waals surface area contributed by atoms with Crippen LogP contribution in [0.2, 0.25) is 0 Å². The highest BCUT2D eigenvalue weighted by molar-refractivity contribution is 7.93. The van der Waals surface area contributed by atoms with Crippen LogP contribution in [-0.2, 0) is 14.8 Å². The van der Waals surface area contributed by atoms with Crippen molar-refractivity contribution in [2.24, 2.45) is 0 Å². The first-order valence-electron chi connectivity index (χ1n) is 8.20. The van der Waals surface area contributed by atoms with Gasteiger partial charge in [0.15, 0.2) is 0 Å². The second-order valence-corrected chi connectivity index (χ2v) is 7.75. The molecule has 2 aromatic rings. The van der Waals surface area contributed by atoms with Gasteiger partial charge in [-0.1, -0.05) is 30.7 Å². The predicted octanol–water partition coefficient (Wildman–Crippen LogP) is 3.58. The van der Waals surface area contributed by atoms with Gasteiger partial charge in [0.25, 0.3) is 10.0 Å². The van der Waals surface area contributed by atoms with Crippen molar-refractivity contribution < 1.29 is 18.3 Å². The summed E-state index contributed by atoms with van der Waals surface area (Å²) in [6.45, 7) is 0.314. The maximum atomic E-state index is 13.2. The van der Waals surface area contributed by atoms with E-state index in [1.165, 1.54) is 4.31 Å². The maximum Gasteiger partial charge on any atom is 0.303 e. The van der Waals surface area contributed by atoms with Crippen LogP contribution in [0, 0.1) is 0 Å². The van der Waals surface area contributed by atoms with Crippen LogP contribution in [0.15, 0.2) is 53.4 Å². The molecule has 0 spiro atoms. The number of para-hydroxylation sites is 3. The summed E-state index contributed by atoms with van der Waals surface area (Å²) in [6.07, 6.45) is 1.91. The van der Waals surface area contributed by atoms with Crippen LogP contribution in [0.1, 0.15) is 25.7 Å². The molecule has 0 aromatic heterocycles. The highest BCUT2D eigenvalue weighted by Crippen LogP contribution is 2.39. The molecule has 0 amide bonds. The molecule has 0 atom stereocenters. The number of anilines is 3. The highest BCUT2D eigenvalue weighted by Gasteiger charge is 2.31. The fourth-order valence-electron chi connectivity index (χ4n) is 2.93. The Balaban J connectivity index is 1.90. The van der Waals surface area contributed by atoms with Gasteiger partial charge in [-0.3, -0.25) is 9.10 Å². The van der Waals surface area contributed by atoms with Gasteiger partial charge in [0.2, 0.25) is 0 Å². The number of fused-ring (bicyclic) bond motifs is 2. The Bertz CT molecular complexity index is 880. The van der Waals surface area contributed by atoms with Gasteiger partial charge in [0.1, 0.15) is 4.90 Å². The minimum absolute atomic E-state index is 0.105. The van der Waals surface area contributed by atoms with Crippen molar-refractivity contribution in [1.29, 1.82) is 0 Å². The smallest absolute Gasteiger partial charge is 0.303 e. The third-order valence-corrected chi connectivity index (χ3v) is 6.02. The first-order chi connectivity index (χ1) is 12.0. The summed E-state index contributed by atoms with van der Waals surface area (Å²) < 4.78 is 27.7. The van der Waals surface area contributed by atoms with E-state index in [1.54, 1.807) is 30.3 Å². The van der Waals surface area contributed by atoms with E-state index >= 15 is 0 Å². The van der Waals surface area contributed by atoms with Gasteiger partial charge in [-0.2, -0.15) is 0 Å². The Morgan fingerprint density at radius 2 is 1.64 bits per heavy atom. The van der Waals surface area contributed by atoms with Crippen LogP contribution >= 0.6 is 0 Å². The lowest BCUT2D eigenvalue weighted by Crippen LogP contribution is -2.31. The zero-order valence-electron chi connectivity index (χ0n) is 13.7. The summed E-state index contributed by atoms with van der Waals surface area (Å²) in [5.74, 6) is -0.828. The Hall–Kier alpha value is -2.54. The molecule has 25 heavy (non-hydrogen) atoms. The van der Waals surface area contributed by atoms with Gasteiger partial charge in [-0.05, 0) is 37.1 Å². The number of unbranched alkanes of at least 4 members (excludes halogenated alkanes) is 2. The lowest BCUT2D eigenvalue weighted by molar-refractivity contribution is -0.137. The van der Waals surface area contributed by atoms with E-state index in [4.69, 9.17) is 5.11 Å². The Morgan fingerprint density at radius 1 is 0.960 bits per heavy atom. The van der Waals surface area contributed by atoms with Crippen LogP contribution in [0.5, 0.6) is 0 Å². The lowest BCUT2D eigenvalue weighted by Gasteiger charge is -2.24. The van der Waals surface area contributed by atoms with Crippen molar-refractivity contribution in [1.82, 2.24) is 0 Å². The number of carbonyl (C=O) groups is 1. The minimum Gasteiger partial charge on any atom is -0.481 e. The number of carboxylic acid groups (broad SMARTS) is 1. The molecule has 0 fully saturated rings. The number of sulfonamides is 1. The number of nitrogens with one attached hydrogen (secondary N) is 1. The Kier molecular flexibility index (Phi) is 4.94. The largest absolute Gasteiger partial charge is 0.481 e. The lowest BCUT2D eigenvalue weighted by atomic mass is 10.2. The maximum absolute atomic E-state index is 13.2. The number of hydrogen-bond acceptors (Lipinski definition) is 4. The number of benzene rings is 2. The van der Waals surface area contributed by atoms with Gasteiger partial charge in [0, 0.05) is 13.0 Å². The van der Waals surface area contributed by atoms with Crippen molar-refractivity contribution in [3.8, 4) is 0 Å². The Morgan fingerprint density at radius 3 is 2.40 bits per heavy atom. The molecule has 132 valence electrons. The molecular weight excluding hydrogens is 340 g/mol. The monoisotopic (exact) mass is 360 g/mol. The summed E-state index contributed by atoms with van der Waals surface area (Å²) in [4.78, 5) is 10.8. The van der Waals surface area contributed by atoms with Crippen LogP contribution in [0.3, 0.4) is 0 Å². The molecular formula is C18H20N2O4S. The second kappa shape index (κ2) is 7.14. The summed E-state index contributed by atoms with van der Waals surface area (Å²) in [5, 5.41) is 11.9. The third-order valence-electron chi connectivity index (χ3n) is 4.15. The highest BCUT2D eigenvalue weighted by atomic mass is 32.2. The van der Waals surface area contributed by atoms with E-state index in [-0.39, 0.29) is 11.3 Å². The quantitative estimate of drug-likeness (QED) is 0.769. The fraction of sp³-hybridized carbons (Fsp3) is 0.278.